The van der Waals surface area contributed by atoms with Crippen LogP contribution in [0.3, 0.4) is 0 Å². The average molecular weight is 568 g/mol. The monoisotopic (exact) mass is 567 g/mol. The van der Waals surface area contributed by atoms with Crippen molar-refractivity contribution in [3.8, 4) is 0 Å². The highest BCUT2D eigenvalue weighted by Crippen LogP contribution is 2.16. The zero-order valence-electron chi connectivity index (χ0n) is 20.0. The van der Waals surface area contributed by atoms with Crippen molar-refractivity contribution in [3.05, 3.63) is 60.1 Å². The Balaban J connectivity index is 0.00000385. The van der Waals surface area contributed by atoms with Gasteiger partial charge in [0.25, 0.3) is 0 Å². The van der Waals surface area contributed by atoms with Gasteiger partial charge in [-0.3, -0.25) is 14.7 Å². The molecule has 0 unspecified atom stereocenters. The number of nitrogens with one attached hydrogen (secondary N) is 3. The Morgan fingerprint density at radius 3 is 2.52 bits per heavy atom. The third-order valence-electron chi connectivity index (χ3n) is 5.90. The molecule has 0 radical (unpaired) electrons. The average Bonchev–Trinajstić information content (AvgIpc) is 3.32. The maximum atomic E-state index is 12.2. The number of amides is 1. The molecule has 7 nitrogen and oxygen atoms in total. The van der Waals surface area contributed by atoms with E-state index in [0.29, 0.717) is 19.1 Å². The smallest absolute Gasteiger partial charge is 0.227 e. The summed E-state index contributed by atoms with van der Waals surface area (Å²) in [6.07, 6.45) is 4.59. The van der Waals surface area contributed by atoms with E-state index in [4.69, 9.17) is 9.41 Å². The summed E-state index contributed by atoms with van der Waals surface area (Å²) >= 11 is 0. The molecule has 1 aromatic carbocycles. The summed E-state index contributed by atoms with van der Waals surface area (Å²) in [5, 5.41) is 9.75. The zero-order valence-corrected chi connectivity index (χ0v) is 22.3. The lowest BCUT2D eigenvalue weighted by Gasteiger charge is -2.33. The van der Waals surface area contributed by atoms with E-state index >= 15 is 0 Å². The summed E-state index contributed by atoms with van der Waals surface area (Å²) in [6.45, 7) is 8.06. The number of guanidine groups is 1. The molecular formula is C25H38IN5O2. The van der Waals surface area contributed by atoms with Crippen molar-refractivity contribution in [1.82, 2.24) is 20.9 Å². The topological polar surface area (TPSA) is 81.9 Å². The van der Waals surface area contributed by atoms with Crippen molar-refractivity contribution in [1.29, 1.82) is 0 Å². The molecule has 2 aromatic rings. The predicted octanol–water partition coefficient (Wildman–Crippen LogP) is 3.41. The molecule has 33 heavy (non-hydrogen) atoms. The Morgan fingerprint density at radius 1 is 1.15 bits per heavy atom. The van der Waals surface area contributed by atoms with Crippen molar-refractivity contribution < 1.29 is 9.21 Å². The number of benzene rings is 1. The van der Waals surface area contributed by atoms with Gasteiger partial charge in [-0.1, -0.05) is 30.3 Å². The van der Waals surface area contributed by atoms with E-state index in [0.717, 1.165) is 50.6 Å². The highest BCUT2D eigenvalue weighted by molar-refractivity contribution is 14.0. The number of aliphatic imine (C=N–C) groups is 1. The van der Waals surface area contributed by atoms with Crippen LogP contribution in [0.1, 0.15) is 38.0 Å². The third kappa shape index (κ3) is 9.00. The van der Waals surface area contributed by atoms with Crippen LogP contribution in [0.4, 0.5) is 0 Å². The van der Waals surface area contributed by atoms with E-state index in [2.05, 4.69) is 51.2 Å². The number of carbonyl (C=O) groups excluding carboxylic acids is 1. The number of piperidine rings is 1. The van der Waals surface area contributed by atoms with Gasteiger partial charge in [0.15, 0.2) is 5.96 Å². The lowest BCUT2D eigenvalue weighted by atomic mass is 9.93. The molecule has 2 heterocycles. The minimum absolute atomic E-state index is 0. The summed E-state index contributed by atoms with van der Waals surface area (Å²) < 4.78 is 5.43. The van der Waals surface area contributed by atoms with E-state index in [1.54, 1.807) is 13.3 Å². The normalized spacial score (nSPS) is 15.5. The van der Waals surface area contributed by atoms with Crippen LogP contribution in [0.2, 0.25) is 0 Å². The molecule has 1 saturated heterocycles. The van der Waals surface area contributed by atoms with Gasteiger partial charge in [-0.15, -0.1) is 24.0 Å². The molecule has 0 saturated carbocycles. The first-order chi connectivity index (χ1) is 15.5. The van der Waals surface area contributed by atoms with Crippen LogP contribution in [0.15, 0.2) is 58.1 Å². The predicted molar refractivity (Wildman–Crippen MR) is 144 cm³/mol. The van der Waals surface area contributed by atoms with Crippen molar-refractivity contribution in [2.24, 2.45) is 10.4 Å². The maximum absolute atomic E-state index is 12.2. The number of furan rings is 1. The highest BCUT2D eigenvalue weighted by Gasteiger charge is 2.27. The van der Waals surface area contributed by atoms with E-state index < -0.39 is 5.41 Å². The van der Waals surface area contributed by atoms with Gasteiger partial charge in [0.1, 0.15) is 5.76 Å². The Hall–Kier alpha value is -2.07. The van der Waals surface area contributed by atoms with Crippen molar-refractivity contribution in [2.45, 2.75) is 45.7 Å². The second-order valence-corrected chi connectivity index (χ2v) is 9.06. The number of carbonyl (C=O) groups is 1. The van der Waals surface area contributed by atoms with Gasteiger partial charge in [0.2, 0.25) is 5.91 Å². The highest BCUT2D eigenvalue weighted by atomic mass is 127. The maximum Gasteiger partial charge on any atom is 0.227 e. The summed E-state index contributed by atoms with van der Waals surface area (Å²) in [7, 11) is 1.66. The van der Waals surface area contributed by atoms with Crippen molar-refractivity contribution in [2.75, 3.05) is 33.2 Å². The first kappa shape index (κ1) is 27.2. The second kappa shape index (κ2) is 13.6. The summed E-state index contributed by atoms with van der Waals surface area (Å²) in [5.41, 5.74) is 0.792. The molecule has 8 heteroatoms. The van der Waals surface area contributed by atoms with E-state index in [-0.39, 0.29) is 29.9 Å². The number of likely N-dealkylation sites (tertiary alicyclic amines) is 1. The molecule has 0 atom stereocenters. The number of hydrogen-bond acceptors (Lipinski definition) is 4. The number of halogens is 1. The first-order valence-corrected chi connectivity index (χ1v) is 11.5. The van der Waals surface area contributed by atoms with Gasteiger partial charge in [0.05, 0.1) is 18.2 Å². The van der Waals surface area contributed by atoms with Crippen LogP contribution >= 0.6 is 24.0 Å². The van der Waals surface area contributed by atoms with E-state index in [1.807, 2.05) is 26.0 Å². The van der Waals surface area contributed by atoms with E-state index in [9.17, 15) is 4.79 Å². The van der Waals surface area contributed by atoms with Gasteiger partial charge >= 0.3 is 0 Å². The minimum Gasteiger partial charge on any atom is -0.469 e. The van der Waals surface area contributed by atoms with E-state index in [1.165, 1.54) is 5.56 Å². The Morgan fingerprint density at radius 2 is 1.88 bits per heavy atom. The Labute approximate surface area is 214 Å². The fourth-order valence-corrected chi connectivity index (χ4v) is 3.87. The molecule has 1 aliphatic heterocycles. The zero-order chi connectivity index (χ0) is 22.8. The molecule has 0 bridgehead atoms. The fraction of sp³-hybridized carbons (Fsp3) is 0.520. The first-order valence-electron chi connectivity index (χ1n) is 11.5. The van der Waals surface area contributed by atoms with Gasteiger partial charge in [-0.25, -0.2) is 0 Å². The fourth-order valence-electron chi connectivity index (χ4n) is 3.87. The van der Waals surface area contributed by atoms with Gasteiger partial charge in [-0.05, 0) is 44.4 Å². The lowest BCUT2D eigenvalue weighted by Crippen LogP contribution is -2.49. The third-order valence-corrected chi connectivity index (χ3v) is 5.90. The number of nitrogens with zero attached hydrogens (tertiary/aromatic N) is 2. The van der Waals surface area contributed by atoms with Crippen LogP contribution in [0.5, 0.6) is 0 Å². The summed E-state index contributed by atoms with van der Waals surface area (Å²) in [6, 6.07) is 14.9. The quantitative estimate of drug-likeness (QED) is 0.246. The SMILES string of the molecule is CNC(=O)C(C)(C)CN=C(NCCc1ccco1)NC1CCN(Cc2ccccc2)CC1.I. The molecule has 0 spiro atoms. The molecule has 1 amide bonds. The van der Waals surface area contributed by atoms with Crippen molar-refractivity contribution >= 4 is 35.8 Å². The second-order valence-electron chi connectivity index (χ2n) is 9.06. The number of hydrogen-bond donors (Lipinski definition) is 3. The molecule has 0 aliphatic carbocycles. The lowest BCUT2D eigenvalue weighted by molar-refractivity contribution is -0.128. The molecule has 182 valence electrons. The number of rotatable bonds is 9. The van der Waals surface area contributed by atoms with Crippen LogP contribution in [-0.2, 0) is 17.8 Å². The van der Waals surface area contributed by atoms with Crippen molar-refractivity contribution in [3.63, 3.8) is 0 Å². The largest absolute Gasteiger partial charge is 0.469 e. The molecule has 1 fully saturated rings. The van der Waals surface area contributed by atoms with Crippen LogP contribution in [-0.4, -0.2) is 56.0 Å². The summed E-state index contributed by atoms with van der Waals surface area (Å²) in [4.78, 5) is 19.4. The van der Waals surface area contributed by atoms with Gasteiger partial charge < -0.3 is 20.4 Å². The van der Waals surface area contributed by atoms with Crippen LogP contribution in [0.25, 0.3) is 0 Å². The van der Waals surface area contributed by atoms with Gasteiger partial charge in [-0.2, -0.15) is 0 Å². The van der Waals surface area contributed by atoms with Gasteiger partial charge in [0, 0.05) is 45.7 Å². The minimum atomic E-state index is -0.566. The van der Waals surface area contributed by atoms with Crippen LogP contribution < -0.4 is 16.0 Å². The standard InChI is InChI=1S/C25H37N5O2.HI/c1-25(2,23(31)26-3)19-28-24(27-14-11-22-10-7-17-32-22)29-21-12-15-30(16-13-21)18-20-8-5-4-6-9-20;/h4-10,17,21H,11-16,18-19H2,1-3H3,(H,26,31)(H2,27,28,29);1H. The van der Waals surface area contributed by atoms with Crippen LogP contribution in [0, 0.1) is 5.41 Å². The summed E-state index contributed by atoms with van der Waals surface area (Å²) in [5.74, 6) is 1.69. The molecule has 3 rings (SSSR count). The molecule has 1 aliphatic rings. The molecular weight excluding hydrogens is 529 g/mol. The molecule has 1 aromatic heterocycles. The molecule has 3 N–H and O–H groups in total. The Bertz CT molecular complexity index is 847. The Kier molecular flexibility index (Phi) is 11.2.